The third-order valence-corrected chi connectivity index (χ3v) is 3.00. The van der Waals surface area contributed by atoms with Crippen LogP contribution in [-0.4, -0.2) is 15.1 Å². The van der Waals surface area contributed by atoms with E-state index in [1.807, 2.05) is 0 Å². The van der Waals surface area contributed by atoms with Crippen molar-refractivity contribution in [2.24, 2.45) is 0 Å². The zero-order chi connectivity index (χ0) is 12.4. The van der Waals surface area contributed by atoms with Gasteiger partial charge in [-0.1, -0.05) is 29.3 Å². The SMILES string of the molecule is Cc1nccnc1C(O)c1ccc(Cl)cc1Cl. The molecular formula is C12H10Cl2N2O. The highest BCUT2D eigenvalue weighted by Gasteiger charge is 2.17. The Morgan fingerprint density at radius 3 is 2.53 bits per heavy atom. The van der Waals surface area contributed by atoms with Gasteiger partial charge in [0.15, 0.2) is 0 Å². The van der Waals surface area contributed by atoms with E-state index >= 15 is 0 Å². The maximum Gasteiger partial charge on any atom is 0.124 e. The summed E-state index contributed by atoms with van der Waals surface area (Å²) >= 11 is 11.8. The molecule has 1 aromatic heterocycles. The summed E-state index contributed by atoms with van der Waals surface area (Å²) in [6.45, 7) is 1.79. The van der Waals surface area contributed by atoms with Gasteiger partial charge in [-0.25, -0.2) is 0 Å². The molecule has 2 rings (SSSR count). The van der Waals surface area contributed by atoms with Gasteiger partial charge in [0.25, 0.3) is 0 Å². The number of nitrogens with zero attached hydrogens (tertiary/aromatic N) is 2. The molecule has 1 aromatic carbocycles. The van der Waals surface area contributed by atoms with Crippen molar-refractivity contribution in [1.82, 2.24) is 9.97 Å². The first-order valence-corrected chi connectivity index (χ1v) is 5.75. The first kappa shape index (κ1) is 12.3. The van der Waals surface area contributed by atoms with E-state index in [0.717, 1.165) is 0 Å². The van der Waals surface area contributed by atoms with Gasteiger partial charge < -0.3 is 5.11 Å². The van der Waals surface area contributed by atoms with E-state index < -0.39 is 6.10 Å². The molecule has 1 N–H and O–H groups in total. The molecule has 1 heterocycles. The molecule has 0 aliphatic heterocycles. The average molecular weight is 269 g/mol. The fourth-order valence-electron chi connectivity index (χ4n) is 1.56. The quantitative estimate of drug-likeness (QED) is 0.910. The molecule has 1 unspecified atom stereocenters. The number of aliphatic hydroxyl groups excluding tert-OH is 1. The van der Waals surface area contributed by atoms with Crippen molar-refractivity contribution in [1.29, 1.82) is 0 Å². The molecule has 0 amide bonds. The molecule has 2 aromatic rings. The summed E-state index contributed by atoms with van der Waals surface area (Å²) in [6.07, 6.45) is 2.22. The van der Waals surface area contributed by atoms with Crippen molar-refractivity contribution >= 4 is 23.2 Å². The lowest BCUT2D eigenvalue weighted by Crippen LogP contribution is -2.06. The average Bonchev–Trinajstić information content (AvgIpc) is 2.29. The van der Waals surface area contributed by atoms with Crippen molar-refractivity contribution in [3.63, 3.8) is 0 Å². The van der Waals surface area contributed by atoms with E-state index in [0.29, 0.717) is 27.0 Å². The molecule has 0 spiro atoms. The molecule has 3 nitrogen and oxygen atoms in total. The zero-order valence-corrected chi connectivity index (χ0v) is 10.6. The summed E-state index contributed by atoms with van der Waals surface area (Å²) in [5, 5.41) is 11.2. The van der Waals surface area contributed by atoms with Crippen molar-refractivity contribution in [3.8, 4) is 0 Å². The van der Waals surface area contributed by atoms with Crippen LogP contribution in [0.15, 0.2) is 30.6 Å². The van der Waals surface area contributed by atoms with E-state index in [9.17, 15) is 5.11 Å². The van der Waals surface area contributed by atoms with Crippen LogP contribution in [0.1, 0.15) is 23.1 Å². The Hall–Kier alpha value is -1.16. The molecule has 0 saturated heterocycles. The van der Waals surface area contributed by atoms with Gasteiger partial charge in [-0.3, -0.25) is 9.97 Å². The smallest absolute Gasteiger partial charge is 0.124 e. The van der Waals surface area contributed by atoms with Crippen molar-refractivity contribution in [2.45, 2.75) is 13.0 Å². The van der Waals surface area contributed by atoms with E-state index in [2.05, 4.69) is 9.97 Å². The van der Waals surface area contributed by atoms with Gasteiger partial charge in [-0.15, -0.1) is 0 Å². The Balaban J connectivity index is 2.44. The number of rotatable bonds is 2. The monoisotopic (exact) mass is 268 g/mol. The third kappa shape index (κ3) is 2.57. The fraction of sp³-hybridized carbons (Fsp3) is 0.167. The normalized spacial score (nSPS) is 12.5. The predicted molar refractivity (Wildman–Crippen MR) is 67.3 cm³/mol. The van der Waals surface area contributed by atoms with Crippen LogP contribution in [-0.2, 0) is 0 Å². The van der Waals surface area contributed by atoms with E-state index in [4.69, 9.17) is 23.2 Å². The minimum absolute atomic E-state index is 0.412. The Bertz CT molecular complexity index is 546. The highest BCUT2D eigenvalue weighted by atomic mass is 35.5. The molecule has 0 fully saturated rings. The maximum absolute atomic E-state index is 10.2. The molecule has 1 atom stereocenters. The van der Waals surface area contributed by atoms with E-state index in [-0.39, 0.29) is 0 Å². The molecule has 5 heteroatoms. The molecule has 0 bridgehead atoms. The van der Waals surface area contributed by atoms with Crippen LogP contribution in [0.5, 0.6) is 0 Å². The van der Waals surface area contributed by atoms with Crippen molar-refractivity contribution < 1.29 is 5.11 Å². The Morgan fingerprint density at radius 1 is 1.18 bits per heavy atom. The van der Waals surface area contributed by atoms with Gasteiger partial charge in [0.05, 0.1) is 11.4 Å². The number of benzene rings is 1. The summed E-state index contributed by atoms with van der Waals surface area (Å²) in [6, 6.07) is 4.95. The van der Waals surface area contributed by atoms with Gasteiger partial charge in [-0.05, 0) is 19.1 Å². The number of aryl methyl sites for hydroxylation is 1. The van der Waals surface area contributed by atoms with Gasteiger partial charge in [0.2, 0.25) is 0 Å². The second-order valence-electron chi connectivity index (χ2n) is 3.60. The number of hydrogen-bond donors (Lipinski definition) is 1. The first-order valence-electron chi connectivity index (χ1n) is 5.00. The van der Waals surface area contributed by atoms with Crippen molar-refractivity contribution in [2.75, 3.05) is 0 Å². The van der Waals surface area contributed by atoms with Gasteiger partial charge in [0, 0.05) is 28.0 Å². The molecule has 17 heavy (non-hydrogen) atoms. The first-order chi connectivity index (χ1) is 8.09. The lowest BCUT2D eigenvalue weighted by molar-refractivity contribution is 0.214. The Kier molecular flexibility index (Phi) is 3.62. The fourth-order valence-corrected chi connectivity index (χ4v) is 2.07. The predicted octanol–water partition coefficient (Wildman–Crippen LogP) is 3.17. The summed E-state index contributed by atoms with van der Waals surface area (Å²) in [5.74, 6) is 0. The third-order valence-electron chi connectivity index (χ3n) is 2.44. The topological polar surface area (TPSA) is 46.0 Å². The standard InChI is InChI=1S/C12H10Cl2N2O/c1-7-11(16-5-4-15-7)12(17)9-3-2-8(13)6-10(9)14/h2-6,12,17H,1H3. The minimum Gasteiger partial charge on any atom is -0.382 e. The van der Waals surface area contributed by atoms with Crippen LogP contribution in [0, 0.1) is 6.92 Å². The minimum atomic E-state index is -0.895. The van der Waals surface area contributed by atoms with E-state index in [1.165, 1.54) is 6.20 Å². The number of halogens is 2. The molecule has 0 radical (unpaired) electrons. The lowest BCUT2D eigenvalue weighted by Gasteiger charge is -2.13. The summed E-state index contributed by atoms with van der Waals surface area (Å²) in [5.41, 5.74) is 1.74. The van der Waals surface area contributed by atoms with Gasteiger partial charge in [-0.2, -0.15) is 0 Å². The largest absolute Gasteiger partial charge is 0.382 e. The molecule has 0 aliphatic rings. The van der Waals surface area contributed by atoms with Crippen LogP contribution in [0.3, 0.4) is 0 Å². The summed E-state index contributed by atoms with van der Waals surface area (Å²) < 4.78 is 0. The maximum atomic E-state index is 10.2. The van der Waals surface area contributed by atoms with Crippen molar-refractivity contribution in [3.05, 3.63) is 57.6 Å². The van der Waals surface area contributed by atoms with Gasteiger partial charge in [0.1, 0.15) is 6.10 Å². The summed E-state index contributed by atoms with van der Waals surface area (Å²) in [4.78, 5) is 8.20. The number of aromatic nitrogens is 2. The molecule has 88 valence electrons. The molecule has 0 saturated carbocycles. The van der Waals surface area contributed by atoms with E-state index in [1.54, 1.807) is 31.3 Å². The second kappa shape index (κ2) is 5.00. The highest BCUT2D eigenvalue weighted by Crippen LogP contribution is 2.30. The number of hydrogen-bond acceptors (Lipinski definition) is 3. The van der Waals surface area contributed by atoms with Crippen LogP contribution in [0.4, 0.5) is 0 Å². The number of aliphatic hydroxyl groups is 1. The molecular weight excluding hydrogens is 259 g/mol. The Labute approximate surface area is 109 Å². The lowest BCUT2D eigenvalue weighted by atomic mass is 10.1. The molecule has 0 aliphatic carbocycles. The van der Waals surface area contributed by atoms with Crippen LogP contribution >= 0.6 is 23.2 Å². The zero-order valence-electron chi connectivity index (χ0n) is 9.06. The Morgan fingerprint density at radius 2 is 1.88 bits per heavy atom. The van der Waals surface area contributed by atoms with Gasteiger partial charge >= 0.3 is 0 Å². The second-order valence-corrected chi connectivity index (χ2v) is 4.44. The van der Waals surface area contributed by atoms with Crippen LogP contribution in [0.2, 0.25) is 10.0 Å². The van der Waals surface area contributed by atoms with Crippen LogP contribution in [0.25, 0.3) is 0 Å². The summed E-state index contributed by atoms with van der Waals surface area (Å²) in [7, 11) is 0. The highest BCUT2D eigenvalue weighted by molar-refractivity contribution is 6.35. The van der Waals surface area contributed by atoms with Crippen LogP contribution < -0.4 is 0 Å².